The molecule has 1 unspecified atom stereocenters. The van der Waals surface area contributed by atoms with Crippen LogP contribution >= 0.6 is 0 Å². The van der Waals surface area contributed by atoms with Gasteiger partial charge in [0.15, 0.2) is 6.67 Å². The summed E-state index contributed by atoms with van der Waals surface area (Å²) in [6, 6.07) is 1.21. The third-order valence-electron chi connectivity index (χ3n) is 2.51. The molecule has 2 nitrogen and oxygen atoms in total. The van der Waals surface area contributed by atoms with E-state index in [9.17, 15) is 30.7 Å². The van der Waals surface area contributed by atoms with Crippen molar-refractivity contribution in [2.75, 3.05) is 33.2 Å². The maximum atomic E-state index is 12.0. The van der Waals surface area contributed by atoms with Gasteiger partial charge in [0.1, 0.15) is 0 Å². The van der Waals surface area contributed by atoms with Crippen molar-refractivity contribution >= 4 is 8.80 Å². The van der Waals surface area contributed by atoms with Crippen LogP contribution < -0.4 is 0 Å². The topological polar surface area (TPSA) is 18.5 Å². The minimum Gasteiger partial charge on any atom is -0.518 e. The minimum absolute atomic E-state index is 0. The van der Waals surface area contributed by atoms with Crippen LogP contribution in [-0.2, 0) is 42.2 Å². The van der Waals surface area contributed by atoms with Gasteiger partial charge in [-0.2, -0.15) is 26.1 Å². The van der Waals surface area contributed by atoms with Crippen LogP contribution in [0.4, 0.5) is 30.7 Å². The van der Waals surface area contributed by atoms with Gasteiger partial charge in [-0.05, 0) is 20.8 Å². The van der Waals surface area contributed by atoms with E-state index in [-0.39, 0.29) is 46.1 Å². The van der Waals surface area contributed by atoms with Crippen LogP contribution in [-0.4, -0.2) is 54.1 Å². The molecule has 0 aliphatic heterocycles. The molecule has 0 aliphatic carbocycles. The van der Waals surface area contributed by atoms with E-state index in [0.29, 0.717) is 6.42 Å². The second-order valence-corrected chi connectivity index (χ2v) is 8.74. The molecule has 0 fully saturated rings. The first-order chi connectivity index (χ1) is 12.4. The van der Waals surface area contributed by atoms with Gasteiger partial charge in [-0.1, -0.05) is 13.1 Å². The summed E-state index contributed by atoms with van der Waals surface area (Å²) in [5, 5.41) is 0. The molecule has 0 saturated carbocycles. The Labute approximate surface area is 192 Å². The van der Waals surface area contributed by atoms with Crippen molar-refractivity contribution in [2.45, 2.75) is 65.3 Å². The summed E-state index contributed by atoms with van der Waals surface area (Å²) in [7, 11) is 1.70. The molecule has 175 valence electrons. The van der Waals surface area contributed by atoms with E-state index in [4.69, 9.17) is 4.74 Å². The third-order valence-corrected chi connectivity index (χ3v) is 4.02. The molecule has 0 heterocycles. The van der Waals surface area contributed by atoms with Crippen LogP contribution in [0.3, 0.4) is 0 Å². The largest absolute Gasteiger partial charge is 0.518 e. The fraction of sp³-hybridized carbons (Fsp3) is 0.882. The summed E-state index contributed by atoms with van der Waals surface area (Å²) in [6.07, 6.45) is -4.69. The van der Waals surface area contributed by atoms with Crippen molar-refractivity contribution in [2.24, 2.45) is 0 Å². The molecule has 12 heteroatoms. The normalized spacial score (nSPS) is 12.0. The van der Waals surface area contributed by atoms with Crippen LogP contribution in [0.15, 0.2) is 0 Å². The number of ether oxygens (including phenoxy) is 2. The minimum atomic E-state index is -5.37. The number of hydrogen-bond acceptors (Lipinski definition) is 2. The first-order valence-electron chi connectivity index (χ1n) is 8.62. The second kappa shape index (κ2) is 27.8. The van der Waals surface area contributed by atoms with Gasteiger partial charge in [0.25, 0.3) is 0 Å². The third kappa shape index (κ3) is 32.6. The summed E-state index contributed by atoms with van der Waals surface area (Å²) in [4.78, 5) is 0. The van der Waals surface area contributed by atoms with Gasteiger partial charge in [-0.15, -0.1) is 6.42 Å². The van der Waals surface area contributed by atoms with Crippen molar-refractivity contribution in [3.8, 4) is 0 Å². The molecule has 0 aliphatic rings. The summed E-state index contributed by atoms with van der Waals surface area (Å²) in [6.45, 7) is 11.1. The van der Waals surface area contributed by atoms with E-state index in [1.54, 1.807) is 0 Å². The predicted molar refractivity (Wildman–Crippen MR) is 99.3 cm³/mol. The smallest absolute Gasteiger partial charge is 0.448 e. The first-order valence-corrected chi connectivity index (χ1v) is 11.7. The SMILES string of the molecule is CCF.CCOCC.C[C-](CCF)C[SiH](C)C.[CH2-]OC(F)(CF)C(F)(F)F.[Rf].[Y]. The zero-order valence-corrected chi connectivity index (χ0v) is 28.9. The van der Waals surface area contributed by atoms with Gasteiger partial charge in [0, 0.05) is 54.7 Å². The Bertz CT molecular complexity index is 287. The molecule has 0 aromatic heterocycles. The number of rotatable bonds is 8. The van der Waals surface area contributed by atoms with E-state index in [1.165, 1.54) is 18.9 Å². The summed E-state index contributed by atoms with van der Waals surface area (Å²) in [5.74, 6) is -2.91. The quantitative estimate of drug-likeness (QED) is 0.161. The zero-order valence-electron chi connectivity index (χ0n) is 18.5. The first kappa shape index (κ1) is 42.8. The molecule has 0 N–H and O–H groups in total. The van der Waals surface area contributed by atoms with Gasteiger partial charge in [-0.3, -0.25) is 8.78 Å². The Kier molecular flexibility index (Phi) is 40.9. The fourth-order valence-corrected chi connectivity index (χ4v) is 2.96. The number of halogens is 7. The van der Waals surface area contributed by atoms with E-state index in [2.05, 4.69) is 31.9 Å². The maximum absolute atomic E-state index is 12.0. The van der Waals surface area contributed by atoms with Crippen molar-refractivity contribution in [3.05, 3.63) is 13.0 Å². The van der Waals surface area contributed by atoms with E-state index < -0.39 is 27.5 Å². The van der Waals surface area contributed by atoms with Crippen molar-refractivity contribution in [1.29, 1.82) is 0 Å². The van der Waals surface area contributed by atoms with Crippen LogP contribution in [0.5, 0.6) is 0 Å². The molecule has 1 radical (unpaired) electrons. The van der Waals surface area contributed by atoms with Gasteiger partial charge < -0.3 is 15.4 Å². The molecular weight excluding hydrogens is 753 g/mol. The zero-order chi connectivity index (χ0) is 22.5. The molecule has 0 saturated heterocycles. The summed E-state index contributed by atoms with van der Waals surface area (Å²) < 4.78 is 87.1. The van der Waals surface area contributed by atoms with Crippen LogP contribution in [0.2, 0.25) is 19.1 Å². The number of hydrogen-bond donors (Lipinski definition) is 0. The van der Waals surface area contributed by atoms with Crippen molar-refractivity contribution in [1.82, 2.24) is 0 Å². The van der Waals surface area contributed by atoms with Gasteiger partial charge in [0.05, 0.1) is 13.3 Å². The summed E-state index contributed by atoms with van der Waals surface area (Å²) >= 11 is 0. The summed E-state index contributed by atoms with van der Waals surface area (Å²) in [5.41, 5.74) is 0. The Morgan fingerprint density at radius 3 is 1.45 bits per heavy atom. The standard InChI is InChI=1S/C7H16FSi.C4H4F5O.C4H10O.C2H5F.Rf.Y/c1-7(4-5-8)6-9(2)3;1-10-3(6,2-5)4(7,8)9;1-3-5-4-2;1-2-3;;/h9H,4-6H2,1-3H3;1-2H2;3-4H2,1-2H3;2H2,1H3;;/q2*-1;;;;. The molecule has 0 amide bonds. The molecule has 0 spiro atoms. The maximum Gasteiger partial charge on any atom is 0.448 e. The van der Waals surface area contributed by atoms with Crippen LogP contribution in [0.1, 0.15) is 34.1 Å². The van der Waals surface area contributed by atoms with Crippen molar-refractivity contribution < 1.29 is 72.9 Å². The molecular formula is C17H35F7O2RfSiY-2. The molecule has 0 aromatic rings. The second-order valence-electron chi connectivity index (χ2n) is 5.55. The van der Waals surface area contributed by atoms with Gasteiger partial charge in [-0.25, -0.2) is 15.9 Å². The van der Waals surface area contributed by atoms with Gasteiger partial charge >= 0.3 is 12.0 Å². The average Bonchev–Trinajstić information content (AvgIpc) is 2.55. The Hall–Kier alpha value is -0.249. The Balaban J connectivity index is -0.0000000642. The molecule has 0 bridgehead atoms. The van der Waals surface area contributed by atoms with Gasteiger partial charge in [0.2, 0.25) is 0 Å². The van der Waals surface area contributed by atoms with E-state index in [1.807, 2.05) is 13.8 Å². The predicted octanol–water partition coefficient (Wildman–Crippen LogP) is 6.44. The van der Waals surface area contributed by atoms with Crippen LogP contribution in [0.25, 0.3) is 0 Å². The number of alkyl halides is 7. The molecule has 29 heavy (non-hydrogen) atoms. The van der Waals surface area contributed by atoms with Crippen molar-refractivity contribution in [3.63, 3.8) is 0 Å². The molecule has 1 atom stereocenters. The Morgan fingerprint density at radius 2 is 1.34 bits per heavy atom. The molecule has 0 aromatic carbocycles. The molecule has 0 rings (SSSR count). The van der Waals surface area contributed by atoms with E-state index >= 15 is 0 Å². The Morgan fingerprint density at radius 1 is 0.966 bits per heavy atom. The monoisotopic (exact) mass is 788 g/mol. The van der Waals surface area contributed by atoms with E-state index in [0.717, 1.165) is 13.2 Å². The average molecular weight is 788 g/mol. The van der Waals surface area contributed by atoms with Crippen LogP contribution in [0, 0.1) is 13.0 Å². The fourth-order valence-electron chi connectivity index (χ4n) is 1.36.